The standard InChI is InChI=1S/C26H19N3O5/c1-25(2)22-18-13-16(30)11-12-19(18)27-26(25,14-7-9-15(10-8-14)29(32)33)28-23-17-5-3-4-6-20(17)34-24(31)21(22)23/h3-13,22,28H,1-2H3/t22-,26+/m1/s1. The van der Waals surface area contributed by atoms with Crippen LogP contribution in [0.2, 0.25) is 0 Å². The number of hydrogen-bond acceptors (Lipinski definition) is 7. The lowest BCUT2D eigenvalue weighted by Crippen LogP contribution is -2.58. The van der Waals surface area contributed by atoms with Crippen LogP contribution in [0.3, 0.4) is 0 Å². The van der Waals surface area contributed by atoms with E-state index in [0.29, 0.717) is 33.7 Å². The largest absolute Gasteiger partial charge is 0.422 e. The number of carbonyl (C=O) groups is 1. The molecule has 0 amide bonds. The first-order valence-corrected chi connectivity index (χ1v) is 10.9. The third-order valence-corrected chi connectivity index (χ3v) is 7.19. The molecule has 2 aromatic carbocycles. The molecule has 0 unspecified atom stereocenters. The number of carbonyl (C=O) groups excluding carboxylic acids is 1. The number of non-ortho nitro benzene ring substituents is 1. The van der Waals surface area contributed by atoms with Crippen LogP contribution in [0.1, 0.15) is 30.9 Å². The lowest BCUT2D eigenvalue weighted by molar-refractivity contribution is -0.384. The molecule has 34 heavy (non-hydrogen) atoms. The molecule has 3 aliphatic rings. The molecule has 8 heteroatoms. The second-order valence-corrected chi connectivity index (χ2v) is 9.30. The number of ketones is 1. The summed E-state index contributed by atoms with van der Waals surface area (Å²) in [6.45, 7) is 3.96. The normalized spacial score (nSPS) is 23.9. The maximum atomic E-state index is 13.3. The minimum absolute atomic E-state index is 0.0241. The van der Waals surface area contributed by atoms with E-state index < -0.39 is 27.5 Å². The number of nitrogens with zero attached hydrogens (tertiary/aromatic N) is 2. The quantitative estimate of drug-likeness (QED) is 0.262. The highest BCUT2D eigenvalue weighted by Gasteiger charge is 2.60. The van der Waals surface area contributed by atoms with Gasteiger partial charge in [-0.3, -0.25) is 19.9 Å². The number of allylic oxidation sites excluding steroid dienone is 4. The fourth-order valence-corrected chi connectivity index (χ4v) is 5.57. The van der Waals surface area contributed by atoms with Crippen molar-refractivity contribution >= 4 is 33.8 Å². The summed E-state index contributed by atoms with van der Waals surface area (Å²) in [5.41, 5.74) is 1.16. The van der Waals surface area contributed by atoms with Crippen LogP contribution in [0.15, 0.2) is 86.5 Å². The van der Waals surface area contributed by atoms with Gasteiger partial charge in [0.05, 0.1) is 21.9 Å². The Morgan fingerprint density at radius 2 is 1.79 bits per heavy atom. The summed E-state index contributed by atoms with van der Waals surface area (Å²) in [5.74, 6) is -0.668. The Labute approximate surface area is 193 Å². The topological polar surface area (TPSA) is 115 Å². The Balaban J connectivity index is 1.73. The zero-order valence-corrected chi connectivity index (χ0v) is 18.4. The molecule has 1 aromatic heterocycles. The molecule has 1 aliphatic carbocycles. The lowest BCUT2D eigenvalue weighted by atomic mass is 9.56. The van der Waals surface area contributed by atoms with Gasteiger partial charge in [-0.2, -0.15) is 0 Å². The van der Waals surface area contributed by atoms with Crippen molar-refractivity contribution in [2.45, 2.75) is 25.4 Å². The number of aliphatic imine (C=N–C) groups is 1. The molecule has 2 bridgehead atoms. The summed E-state index contributed by atoms with van der Waals surface area (Å²) in [6.07, 6.45) is 4.65. The number of para-hydroxylation sites is 1. The third kappa shape index (κ3) is 2.50. The van der Waals surface area contributed by atoms with Crippen LogP contribution in [0, 0.1) is 15.5 Å². The molecule has 0 saturated heterocycles. The molecule has 168 valence electrons. The van der Waals surface area contributed by atoms with Crippen molar-refractivity contribution in [2.75, 3.05) is 5.32 Å². The average Bonchev–Trinajstić information content (AvgIpc) is 2.79. The Bertz CT molecular complexity index is 1580. The lowest BCUT2D eigenvalue weighted by Gasteiger charge is -2.56. The number of nitro groups is 1. The van der Waals surface area contributed by atoms with Crippen LogP contribution >= 0.6 is 0 Å². The van der Waals surface area contributed by atoms with Gasteiger partial charge in [-0.15, -0.1) is 0 Å². The van der Waals surface area contributed by atoms with E-state index in [-0.39, 0.29) is 11.5 Å². The van der Waals surface area contributed by atoms with Gasteiger partial charge in [0.25, 0.3) is 5.69 Å². The molecular formula is C26H19N3O5. The number of anilines is 1. The van der Waals surface area contributed by atoms with E-state index in [0.717, 1.165) is 5.39 Å². The van der Waals surface area contributed by atoms with Gasteiger partial charge in [-0.25, -0.2) is 4.79 Å². The van der Waals surface area contributed by atoms with Crippen molar-refractivity contribution in [1.29, 1.82) is 0 Å². The van der Waals surface area contributed by atoms with Gasteiger partial charge in [0.2, 0.25) is 0 Å². The van der Waals surface area contributed by atoms with E-state index >= 15 is 0 Å². The van der Waals surface area contributed by atoms with E-state index in [1.165, 1.54) is 24.3 Å². The second-order valence-electron chi connectivity index (χ2n) is 9.30. The zero-order chi connectivity index (χ0) is 23.8. The van der Waals surface area contributed by atoms with E-state index in [1.54, 1.807) is 30.3 Å². The molecule has 0 radical (unpaired) electrons. The van der Waals surface area contributed by atoms with Crippen molar-refractivity contribution in [3.8, 4) is 0 Å². The van der Waals surface area contributed by atoms with Crippen molar-refractivity contribution in [3.63, 3.8) is 0 Å². The molecule has 0 fully saturated rings. The summed E-state index contributed by atoms with van der Waals surface area (Å²) in [5, 5.41) is 15.5. The molecule has 6 rings (SSSR count). The highest BCUT2D eigenvalue weighted by Crippen LogP contribution is 2.62. The SMILES string of the molecule is CC1(C)[C@@H]2C3=CC(=O)C=CC3=N[C@@]1(c1ccc([N+](=O)[O-])cc1)Nc1c2c(=O)oc2ccccc12. The highest BCUT2D eigenvalue weighted by molar-refractivity contribution is 6.21. The average molecular weight is 453 g/mol. The summed E-state index contributed by atoms with van der Waals surface area (Å²) in [6, 6.07) is 13.5. The van der Waals surface area contributed by atoms with Crippen molar-refractivity contribution in [3.05, 3.63) is 104 Å². The Morgan fingerprint density at radius 1 is 1.06 bits per heavy atom. The molecular weight excluding hydrogens is 434 g/mol. The molecule has 2 atom stereocenters. The third-order valence-electron chi connectivity index (χ3n) is 7.19. The molecule has 1 N–H and O–H groups in total. The van der Waals surface area contributed by atoms with E-state index in [4.69, 9.17) is 9.41 Å². The Morgan fingerprint density at radius 3 is 2.53 bits per heavy atom. The number of benzene rings is 2. The summed E-state index contributed by atoms with van der Waals surface area (Å²) in [7, 11) is 0. The fraction of sp³-hybridized carbons (Fsp3) is 0.192. The number of fused-ring (bicyclic) bond motifs is 8. The molecule has 3 heterocycles. The Hall–Kier alpha value is -4.33. The number of rotatable bonds is 2. The monoisotopic (exact) mass is 453 g/mol. The van der Waals surface area contributed by atoms with Crippen LogP contribution in [0.25, 0.3) is 11.0 Å². The van der Waals surface area contributed by atoms with E-state index in [1.807, 2.05) is 26.0 Å². The van der Waals surface area contributed by atoms with Crippen LogP contribution in [-0.4, -0.2) is 16.4 Å². The van der Waals surface area contributed by atoms with Gasteiger partial charge in [0.15, 0.2) is 11.4 Å². The van der Waals surface area contributed by atoms with E-state index in [9.17, 15) is 19.7 Å². The smallest absolute Gasteiger partial charge is 0.342 e. The molecule has 8 nitrogen and oxygen atoms in total. The van der Waals surface area contributed by atoms with Gasteiger partial charge < -0.3 is 9.73 Å². The van der Waals surface area contributed by atoms with Gasteiger partial charge >= 0.3 is 5.63 Å². The summed E-state index contributed by atoms with van der Waals surface area (Å²) >= 11 is 0. The van der Waals surface area contributed by atoms with E-state index in [2.05, 4.69) is 5.32 Å². The first kappa shape index (κ1) is 20.3. The number of hydrogen-bond donors (Lipinski definition) is 1. The molecule has 0 spiro atoms. The van der Waals surface area contributed by atoms with Gasteiger partial charge in [0, 0.05) is 34.4 Å². The minimum atomic E-state index is -1.06. The maximum Gasteiger partial charge on any atom is 0.342 e. The summed E-state index contributed by atoms with van der Waals surface area (Å²) < 4.78 is 5.69. The summed E-state index contributed by atoms with van der Waals surface area (Å²) in [4.78, 5) is 41.6. The van der Waals surface area contributed by atoms with Crippen molar-refractivity contribution in [2.24, 2.45) is 10.4 Å². The molecule has 2 aliphatic heterocycles. The highest BCUT2D eigenvalue weighted by atomic mass is 16.6. The molecule has 3 aromatic rings. The van der Waals surface area contributed by atoms with Crippen molar-refractivity contribution in [1.82, 2.24) is 0 Å². The maximum absolute atomic E-state index is 13.3. The van der Waals surface area contributed by atoms with Crippen LogP contribution in [0.5, 0.6) is 0 Å². The fourth-order valence-electron chi connectivity index (χ4n) is 5.57. The zero-order valence-electron chi connectivity index (χ0n) is 18.4. The first-order valence-electron chi connectivity index (χ1n) is 10.9. The van der Waals surface area contributed by atoms with Gasteiger partial charge in [-0.05, 0) is 48.1 Å². The van der Waals surface area contributed by atoms with Gasteiger partial charge in [-0.1, -0.05) is 26.0 Å². The van der Waals surface area contributed by atoms with Crippen LogP contribution in [0.4, 0.5) is 11.4 Å². The predicted octanol–water partition coefficient (Wildman–Crippen LogP) is 4.61. The van der Waals surface area contributed by atoms with Crippen molar-refractivity contribution < 1.29 is 14.1 Å². The minimum Gasteiger partial charge on any atom is -0.422 e. The number of nitro benzene ring substituents is 1. The predicted molar refractivity (Wildman–Crippen MR) is 127 cm³/mol. The first-order chi connectivity index (χ1) is 16.2. The molecule has 0 saturated carbocycles. The van der Waals surface area contributed by atoms with Crippen LogP contribution in [-0.2, 0) is 10.5 Å². The Kier molecular flexibility index (Phi) is 3.94. The van der Waals surface area contributed by atoms with Gasteiger partial charge in [0.1, 0.15) is 5.58 Å². The second kappa shape index (κ2) is 6.60. The van der Waals surface area contributed by atoms with Crippen LogP contribution < -0.4 is 10.9 Å². The number of nitrogens with one attached hydrogen (secondary N) is 1.